The summed E-state index contributed by atoms with van der Waals surface area (Å²) in [5.74, 6) is -0.0765. The molecule has 0 radical (unpaired) electrons. The van der Waals surface area contributed by atoms with E-state index in [0.29, 0.717) is 29.2 Å². The van der Waals surface area contributed by atoms with E-state index in [1.807, 2.05) is 35.8 Å². The van der Waals surface area contributed by atoms with Crippen LogP contribution in [0.2, 0.25) is 0 Å². The molecule has 0 saturated heterocycles. The van der Waals surface area contributed by atoms with Crippen molar-refractivity contribution >= 4 is 28.6 Å². The van der Waals surface area contributed by atoms with Crippen molar-refractivity contribution in [1.29, 1.82) is 0 Å². The minimum atomic E-state index is -0.340. The third-order valence-electron chi connectivity index (χ3n) is 4.72. The average molecular weight is 375 g/mol. The number of hydrogen-bond acceptors (Lipinski definition) is 5. The molecule has 0 spiro atoms. The molecule has 1 heterocycles. The average Bonchev–Trinajstić information content (AvgIpc) is 3.16. The van der Waals surface area contributed by atoms with Gasteiger partial charge in [0.1, 0.15) is 0 Å². The van der Waals surface area contributed by atoms with Gasteiger partial charge in [-0.1, -0.05) is 36.7 Å². The lowest BCUT2D eigenvalue weighted by Crippen LogP contribution is -2.34. The second-order valence-corrected chi connectivity index (χ2v) is 7.88. The summed E-state index contributed by atoms with van der Waals surface area (Å²) in [6, 6.07) is 7.59. The zero-order chi connectivity index (χ0) is 18.5. The van der Waals surface area contributed by atoms with Gasteiger partial charge in [0.2, 0.25) is 5.91 Å². The summed E-state index contributed by atoms with van der Waals surface area (Å²) in [6.07, 6.45) is 4.23. The second kappa shape index (κ2) is 8.68. The molecule has 2 aromatic rings. The molecular formula is C19H25N3O3S. The number of nitrogens with zero attached hydrogens (tertiary/aromatic N) is 2. The van der Waals surface area contributed by atoms with Crippen molar-refractivity contribution in [3.05, 3.63) is 34.6 Å². The fraction of sp³-hybridized carbons (Fsp3) is 0.526. The molecule has 1 aliphatic carbocycles. The lowest BCUT2D eigenvalue weighted by Gasteiger charge is -2.20. The fourth-order valence-electron chi connectivity index (χ4n) is 3.32. The Balaban J connectivity index is 1.92. The van der Waals surface area contributed by atoms with E-state index in [-0.39, 0.29) is 22.8 Å². The van der Waals surface area contributed by atoms with Crippen LogP contribution in [0, 0.1) is 0 Å². The zero-order valence-electron chi connectivity index (χ0n) is 15.2. The molecule has 1 amide bonds. The lowest BCUT2D eigenvalue weighted by atomic mass is 10.2. The van der Waals surface area contributed by atoms with Gasteiger partial charge >= 0.3 is 0 Å². The highest BCUT2D eigenvalue weighted by molar-refractivity contribution is 8.00. The molecule has 1 atom stereocenters. The van der Waals surface area contributed by atoms with Crippen molar-refractivity contribution in [2.24, 2.45) is 0 Å². The molecule has 1 fully saturated rings. The first-order valence-corrected chi connectivity index (χ1v) is 9.94. The molecule has 0 unspecified atom stereocenters. The van der Waals surface area contributed by atoms with Gasteiger partial charge in [0.25, 0.3) is 5.56 Å². The summed E-state index contributed by atoms with van der Waals surface area (Å²) in [5.41, 5.74) is 0.679. The van der Waals surface area contributed by atoms with Gasteiger partial charge in [-0.25, -0.2) is 4.98 Å². The summed E-state index contributed by atoms with van der Waals surface area (Å²) < 4.78 is 6.78. The Labute approximate surface area is 157 Å². The fourth-order valence-corrected chi connectivity index (χ4v) is 4.33. The quantitative estimate of drug-likeness (QED) is 0.458. The number of methoxy groups -OCH3 is 1. The van der Waals surface area contributed by atoms with Crippen molar-refractivity contribution in [3.63, 3.8) is 0 Å². The van der Waals surface area contributed by atoms with Crippen LogP contribution in [0.15, 0.2) is 34.2 Å². The van der Waals surface area contributed by atoms with Crippen molar-refractivity contribution < 1.29 is 9.53 Å². The number of nitrogens with one attached hydrogen (secondary N) is 1. The molecule has 140 valence electrons. The summed E-state index contributed by atoms with van der Waals surface area (Å²) in [7, 11) is 1.60. The van der Waals surface area contributed by atoms with Gasteiger partial charge in [-0.15, -0.1) is 0 Å². The minimum absolute atomic E-state index is 0.00279. The molecule has 1 aromatic heterocycles. The molecule has 1 saturated carbocycles. The Kier molecular flexibility index (Phi) is 6.32. The molecule has 7 heteroatoms. The smallest absolute Gasteiger partial charge is 0.262 e. The van der Waals surface area contributed by atoms with Gasteiger partial charge in [0.15, 0.2) is 5.16 Å². The minimum Gasteiger partial charge on any atom is -0.383 e. The standard InChI is InChI=1S/C19H25N3O3S/c1-13(17(23)20-11-12-25-2)26-19-21-16-10-6-5-9-15(16)18(24)22(19)14-7-3-4-8-14/h5-6,9-10,13-14H,3-4,7-8,11-12H2,1-2H3,(H,20,23)/t13-/m1/s1. The van der Waals surface area contributed by atoms with Crippen molar-refractivity contribution in [2.75, 3.05) is 20.3 Å². The Morgan fingerprint density at radius 3 is 2.85 bits per heavy atom. The number of carbonyl (C=O) groups is 1. The highest BCUT2D eigenvalue weighted by atomic mass is 32.2. The largest absolute Gasteiger partial charge is 0.383 e. The Bertz CT molecular complexity index is 830. The number of hydrogen-bond donors (Lipinski definition) is 1. The topological polar surface area (TPSA) is 73.2 Å². The van der Waals surface area contributed by atoms with E-state index < -0.39 is 0 Å². The number of amides is 1. The SMILES string of the molecule is COCCNC(=O)[C@@H](C)Sc1nc2ccccc2c(=O)n1C1CCCC1. The first kappa shape index (κ1) is 18.9. The Morgan fingerprint density at radius 2 is 2.12 bits per heavy atom. The summed E-state index contributed by atoms with van der Waals surface area (Å²) in [4.78, 5) is 30.1. The van der Waals surface area contributed by atoms with Gasteiger partial charge in [-0.2, -0.15) is 0 Å². The van der Waals surface area contributed by atoms with Gasteiger partial charge in [0.05, 0.1) is 22.8 Å². The van der Waals surface area contributed by atoms with Crippen LogP contribution in [0.5, 0.6) is 0 Å². The van der Waals surface area contributed by atoms with Gasteiger partial charge in [-0.05, 0) is 31.9 Å². The number of aromatic nitrogens is 2. The first-order chi connectivity index (χ1) is 12.6. The number of para-hydroxylation sites is 1. The maximum atomic E-state index is 13.1. The van der Waals surface area contributed by atoms with E-state index in [1.54, 1.807) is 7.11 Å². The van der Waals surface area contributed by atoms with Gasteiger partial charge in [0, 0.05) is 19.7 Å². The molecule has 1 N–H and O–H groups in total. The Morgan fingerprint density at radius 1 is 1.38 bits per heavy atom. The molecular weight excluding hydrogens is 350 g/mol. The van der Waals surface area contributed by atoms with Crippen LogP contribution in [0.3, 0.4) is 0 Å². The summed E-state index contributed by atoms with van der Waals surface area (Å²) >= 11 is 1.35. The van der Waals surface area contributed by atoms with Gasteiger partial charge in [-0.3, -0.25) is 14.2 Å². The van der Waals surface area contributed by atoms with Crippen LogP contribution in [-0.4, -0.2) is 41.0 Å². The van der Waals surface area contributed by atoms with Crippen LogP contribution in [0.1, 0.15) is 38.6 Å². The molecule has 6 nitrogen and oxygen atoms in total. The van der Waals surface area contributed by atoms with E-state index >= 15 is 0 Å². The number of fused-ring (bicyclic) bond motifs is 1. The van der Waals surface area contributed by atoms with Crippen molar-refractivity contribution in [1.82, 2.24) is 14.9 Å². The van der Waals surface area contributed by atoms with Gasteiger partial charge < -0.3 is 10.1 Å². The molecule has 1 aliphatic rings. The van der Waals surface area contributed by atoms with Crippen molar-refractivity contribution in [3.8, 4) is 0 Å². The maximum absolute atomic E-state index is 13.1. The third-order valence-corrected chi connectivity index (χ3v) is 5.79. The third kappa shape index (κ3) is 4.10. The molecule has 0 bridgehead atoms. The molecule has 3 rings (SSSR count). The lowest BCUT2D eigenvalue weighted by molar-refractivity contribution is -0.120. The molecule has 1 aromatic carbocycles. The van der Waals surface area contributed by atoms with Crippen LogP contribution in [0.4, 0.5) is 0 Å². The Hall–Kier alpha value is -1.86. The predicted molar refractivity (Wildman–Crippen MR) is 104 cm³/mol. The van der Waals surface area contributed by atoms with E-state index in [0.717, 1.165) is 25.7 Å². The second-order valence-electron chi connectivity index (χ2n) is 6.57. The highest BCUT2D eigenvalue weighted by Gasteiger charge is 2.25. The van der Waals surface area contributed by atoms with Crippen LogP contribution in [-0.2, 0) is 9.53 Å². The highest BCUT2D eigenvalue weighted by Crippen LogP contribution is 2.33. The van der Waals surface area contributed by atoms with Crippen molar-refractivity contribution in [2.45, 2.75) is 49.1 Å². The summed E-state index contributed by atoms with van der Waals surface area (Å²) in [5, 5.41) is 3.78. The monoisotopic (exact) mass is 375 g/mol. The molecule has 26 heavy (non-hydrogen) atoms. The van der Waals surface area contributed by atoms with Crippen LogP contribution in [0.25, 0.3) is 10.9 Å². The van der Waals surface area contributed by atoms with E-state index in [9.17, 15) is 9.59 Å². The normalized spacial score (nSPS) is 16.1. The van der Waals surface area contributed by atoms with E-state index in [4.69, 9.17) is 9.72 Å². The van der Waals surface area contributed by atoms with E-state index in [2.05, 4.69) is 5.32 Å². The maximum Gasteiger partial charge on any atom is 0.262 e. The predicted octanol–water partition coefficient (Wildman–Crippen LogP) is 2.75. The van der Waals surface area contributed by atoms with E-state index in [1.165, 1.54) is 11.8 Å². The molecule has 0 aliphatic heterocycles. The number of thioether (sulfide) groups is 1. The number of carbonyl (C=O) groups excluding carboxylic acids is 1. The number of benzene rings is 1. The number of rotatable bonds is 7. The summed E-state index contributed by atoms with van der Waals surface area (Å²) in [6.45, 7) is 2.79. The number of ether oxygens (including phenoxy) is 1. The first-order valence-electron chi connectivity index (χ1n) is 9.06. The zero-order valence-corrected chi connectivity index (χ0v) is 16.1. The van der Waals surface area contributed by atoms with Crippen LogP contribution < -0.4 is 10.9 Å². The van der Waals surface area contributed by atoms with Crippen LogP contribution >= 0.6 is 11.8 Å².